The second-order valence-corrected chi connectivity index (χ2v) is 7.05. The number of rotatable bonds is 16. The van der Waals surface area contributed by atoms with E-state index in [1.807, 2.05) is 0 Å². The molecule has 0 aliphatic rings. The molecule has 0 aromatic rings. The maximum Gasteiger partial charge on any atom is 0.226 e. The van der Waals surface area contributed by atoms with E-state index in [1.54, 1.807) is 0 Å². The van der Waals surface area contributed by atoms with Crippen LogP contribution in [0.4, 0.5) is 0 Å². The van der Waals surface area contributed by atoms with Gasteiger partial charge in [-0.05, 0) is 52.4 Å². The second-order valence-electron chi connectivity index (χ2n) is 7.05. The Morgan fingerprint density at radius 1 is 0.808 bits per heavy atom. The average molecular weight is 368 g/mol. The number of amides is 1. The van der Waals surface area contributed by atoms with Crippen LogP contribution in [-0.4, -0.2) is 33.5 Å². The topological polar surface area (TPSA) is 60.8 Å². The normalized spacial score (nSPS) is 14.2. The highest BCUT2D eigenvalue weighted by atomic mass is 16.3. The van der Waals surface area contributed by atoms with Crippen LogP contribution in [0.2, 0.25) is 0 Å². The molecule has 0 rings (SSSR count). The molecule has 0 fully saturated rings. The molecule has 4 nitrogen and oxygen atoms in total. The zero-order chi connectivity index (χ0) is 19.6. The molecule has 0 bridgehead atoms. The van der Waals surface area contributed by atoms with Crippen LogP contribution in [0.15, 0.2) is 24.3 Å². The Morgan fingerprint density at radius 2 is 1.31 bits per heavy atom. The Morgan fingerprint density at radius 3 is 1.85 bits per heavy atom. The van der Waals surface area contributed by atoms with Crippen molar-refractivity contribution in [2.45, 2.75) is 110 Å². The van der Waals surface area contributed by atoms with E-state index in [0.717, 1.165) is 37.0 Å². The van der Waals surface area contributed by atoms with E-state index < -0.39 is 12.5 Å². The Balaban J connectivity index is 3.53. The number of allylic oxidation sites excluding steroid dienone is 4. The molecule has 26 heavy (non-hydrogen) atoms. The molecule has 0 aliphatic carbocycles. The van der Waals surface area contributed by atoms with Gasteiger partial charge in [0.15, 0.2) is 0 Å². The van der Waals surface area contributed by atoms with Gasteiger partial charge in [0.25, 0.3) is 0 Å². The number of nitrogens with zero attached hydrogens (tertiary/aromatic N) is 1. The lowest BCUT2D eigenvalue weighted by atomic mass is 10.1. The summed E-state index contributed by atoms with van der Waals surface area (Å²) >= 11 is 0. The van der Waals surface area contributed by atoms with Gasteiger partial charge in [0.05, 0.1) is 0 Å². The third-order valence-electron chi connectivity index (χ3n) is 4.43. The Bertz CT molecular complexity index is 381. The molecule has 2 N–H and O–H groups in total. The largest absolute Gasteiger partial charge is 0.374 e. The first kappa shape index (κ1) is 24.9. The summed E-state index contributed by atoms with van der Waals surface area (Å²) in [4.78, 5) is 13.1. The highest BCUT2D eigenvalue weighted by Gasteiger charge is 2.21. The van der Waals surface area contributed by atoms with E-state index in [9.17, 15) is 15.0 Å². The summed E-state index contributed by atoms with van der Waals surface area (Å²) < 4.78 is 0. The fourth-order valence-corrected chi connectivity index (χ4v) is 2.95. The van der Waals surface area contributed by atoms with Crippen molar-refractivity contribution < 1.29 is 15.0 Å². The van der Waals surface area contributed by atoms with Gasteiger partial charge in [-0.1, -0.05) is 63.3 Å². The molecule has 0 saturated heterocycles. The van der Waals surface area contributed by atoms with E-state index in [-0.39, 0.29) is 5.91 Å². The summed E-state index contributed by atoms with van der Waals surface area (Å²) in [5, 5.41) is 19.0. The smallest absolute Gasteiger partial charge is 0.226 e. The number of aliphatic hydroxyl groups is 2. The maximum absolute atomic E-state index is 12.0. The van der Waals surface area contributed by atoms with Crippen molar-refractivity contribution in [1.82, 2.24) is 4.90 Å². The van der Waals surface area contributed by atoms with Crippen molar-refractivity contribution in [1.29, 1.82) is 0 Å². The van der Waals surface area contributed by atoms with E-state index in [1.165, 1.54) is 52.4 Å². The van der Waals surface area contributed by atoms with Crippen LogP contribution in [-0.2, 0) is 4.79 Å². The first-order valence-electron chi connectivity index (χ1n) is 10.5. The van der Waals surface area contributed by atoms with Gasteiger partial charge in [0.2, 0.25) is 5.91 Å². The molecule has 2 atom stereocenters. The molecule has 0 aromatic heterocycles. The van der Waals surface area contributed by atoms with Crippen molar-refractivity contribution in [3.05, 3.63) is 24.3 Å². The van der Waals surface area contributed by atoms with Crippen molar-refractivity contribution in [3.63, 3.8) is 0 Å². The van der Waals surface area contributed by atoms with Gasteiger partial charge in [-0.3, -0.25) is 9.69 Å². The van der Waals surface area contributed by atoms with Crippen LogP contribution < -0.4 is 0 Å². The molecule has 0 radical (unpaired) electrons. The van der Waals surface area contributed by atoms with Crippen LogP contribution >= 0.6 is 0 Å². The Kier molecular flexibility index (Phi) is 16.5. The summed E-state index contributed by atoms with van der Waals surface area (Å²) in [6.07, 6.45) is 20.2. The standard InChI is InChI=1S/C22H41NO3/c1-4-5-6-7-8-9-10-11-12-13-14-15-16-17-18-19-22(26)23(20(2)24)21(3)25/h8-9,11-12,20-21,24-25H,4-7,10,13-19H2,1-3H3/b9-8+,12-11+. The van der Waals surface area contributed by atoms with Crippen molar-refractivity contribution >= 4 is 5.91 Å². The molecule has 0 spiro atoms. The minimum absolute atomic E-state index is 0.180. The van der Waals surface area contributed by atoms with Gasteiger partial charge in [-0.2, -0.15) is 0 Å². The first-order valence-corrected chi connectivity index (χ1v) is 10.5. The van der Waals surface area contributed by atoms with Gasteiger partial charge < -0.3 is 10.2 Å². The molecule has 0 aliphatic heterocycles. The molecular formula is C22H41NO3. The van der Waals surface area contributed by atoms with E-state index in [0.29, 0.717) is 6.42 Å². The monoisotopic (exact) mass is 367 g/mol. The van der Waals surface area contributed by atoms with Crippen LogP contribution in [0.5, 0.6) is 0 Å². The molecule has 0 aromatic carbocycles. The molecule has 2 unspecified atom stereocenters. The second kappa shape index (κ2) is 17.3. The minimum atomic E-state index is -0.944. The SMILES string of the molecule is CCCCC/C=C/C/C=C/CCCCCCCC(=O)N(C(C)O)C(C)O. The number of hydrogen-bond donors (Lipinski definition) is 2. The summed E-state index contributed by atoms with van der Waals surface area (Å²) in [6.45, 7) is 5.23. The van der Waals surface area contributed by atoms with Crippen LogP contribution in [0.25, 0.3) is 0 Å². The zero-order valence-electron chi connectivity index (χ0n) is 17.2. The third kappa shape index (κ3) is 14.1. The van der Waals surface area contributed by atoms with Gasteiger partial charge in [0.1, 0.15) is 12.5 Å². The molecule has 4 heteroatoms. The molecule has 0 heterocycles. The Labute approximate surface area is 161 Å². The molecule has 152 valence electrons. The van der Waals surface area contributed by atoms with Gasteiger partial charge in [-0.15, -0.1) is 0 Å². The zero-order valence-corrected chi connectivity index (χ0v) is 17.2. The van der Waals surface area contributed by atoms with Crippen LogP contribution in [0, 0.1) is 0 Å². The lowest BCUT2D eigenvalue weighted by molar-refractivity contribution is -0.156. The first-order chi connectivity index (χ1) is 12.5. The quantitative estimate of drug-likeness (QED) is 0.221. The number of carbonyl (C=O) groups excluding carboxylic acids is 1. The maximum atomic E-state index is 12.0. The van der Waals surface area contributed by atoms with E-state index in [2.05, 4.69) is 31.2 Å². The van der Waals surface area contributed by atoms with Crippen LogP contribution in [0.1, 0.15) is 97.8 Å². The number of carbonyl (C=O) groups is 1. The van der Waals surface area contributed by atoms with E-state index in [4.69, 9.17) is 0 Å². The molecule has 0 saturated carbocycles. The summed E-state index contributed by atoms with van der Waals surface area (Å²) in [5.41, 5.74) is 0. The average Bonchev–Trinajstić information content (AvgIpc) is 2.57. The lowest BCUT2D eigenvalue weighted by Crippen LogP contribution is -2.44. The number of unbranched alkanes of at least 4 members (excludes halogenated alkanes) is 8. The van der Waals surface area contributed by atoms with Crippen molar-refractivity contribution in [2.75, 3.05) is 0 Å². The molecule has 1 amide bonds. The Hall–Kier alpha value is -1.13. The van der Waals surface area contributed by atoms with Crippen LogP contribution in [0.3, 0.4) is 0 Å². The fraction of sp³-hybridized carbons (Fsp3) is 0.773. The van der Waals surface area contributed by atoms with Gasteiger partial charge in [0, 0.05) is 6.42 Å². The highest BCUT2D eigenvalue weighted by Crippen LogP contribution is 2.11. The summed E-state index contributed by atoms with van der Waals surface area (Å²) in [7, 11) is 0. The predicted molar refractivity (Wildman–Crippen MR) is 110 cm³/mol. The number of aliphatic hydroxyl groups excluding tert-OH is 2. The summed E-state index contributed by atoms with van der Waals surface area (Å²) in [6, 6.07) is 0. The van der Waals surface area contributed by atoms with Gasteiger partial charge >= 0.3 is 0 Å². The minimum Gasteiger partial charge on any atom is -0.374 e. The van der Waals surface area contributed by atoms with Gasteiger partial charge in [-0.25, -0.2) is 0 Å². The third-order valence-corrected chi connectivity index (χ3v) is 4.43. The number of hydrogen-bond acceptors (Lipinski definition) is 3. The molecular weight excluding hydrogens is 326 g/mol. The van der Waals surface area contributed by atoms with E-state index >= 15 is 0 Å². The fourth-order valence-electron chi connectivity index (χ4n) is 2.95. The summed E-state index contributed by atoms with van der Waals surface area (Å²) in [5.74, 6) is -0.180. The predicted octanol–water partition coefficient (Wildman–Crippen LogP) is 5.31. The highest BCUT2D eigenvalue weighted by molar-refractivity contribution is 5.76. The lowest BCUT2D eigenvalue weighted by Gasteiger charge is -2.28. The van der Waals surface area contributed by atoms with Crippen molar-refractivity contribution in [3.8, 4) is 0 Å². The van der Waals surface area contributed by atoms with Crippen molar-refractivity contribution in [2.24, 2.45) is 0 Å².